The van der Waals surface area contributed by atoms with Crippen molar-refractivity contribution in [1.29, 1.82) is 0 Å². The largest absolute Gasteiger partial charge is 0.434 e. The predicted octanol–water partition coefficient (Wildman–Crippen LogP) is 4.45. The molecule has 130 valence electrons. The lowest BCUT2D eigenvalue weighted by molar-refractivity contribution is -0.0504. The fourth-order valence-electron chi connectivity index (χ4n) is 2.02. The second kappa shape index (κ2) is 9.41. The summed E-state index contributed by atoms with van der Waals surface area (Å²) >= 11 is 0. The van der Waals surface area contributed by atoms with Gasteiger partial charge in [0.1, 0.15) is 5.75 Å². The number of anilines is 1. The number of hydrogen-bond donors (Lipinski definition) is 2. The molecule has 4 nitrogen and oxygen atoms in total. The Labute approximate surface area is 157 Å². The Morgan fingerprint density at radius 1 is 1.17 bits per heavy atom. The summed E-state index contributed by atoms with van der Waals surface area (Å²) in [6.45, 7) is 1.31. The van der Waals surface area contributed by atoms with Gasteiger partial charge in [0.2, 0.25) is 0 Å². The van der Waals surface area contributed by atoms with Crippen LogP contribution in [-0.2, 0) is 6.54 Å². The molecule has 0 atom stereocenters. The number of alkyl halides is 2. The van der Waals surface area contributed by atoms with Gasteiger partial charge in [-0.05, 0) is 43.2 Å². The van der Waals surface area contributed by atoms with Crippen molar-refractivity contribution in [2.45, 2.75) is 27.0 Å². The third kappa shape index (κ3) is 5.95. The van der Waals surface area contributed by atoms with Crippen LogP contribution in [-0.4, -0.2) is 12.6 Å². The molecule has 0 bridgehead atoms. The van der Waals surface area contributed by atoms with E-state index in [0.29, 0.717) is 5.56 Å². The van der Waals surface area contributed by atoms with Gasteiger partial charge in [-0.1, -0.05) is 24.3 Å². The summed E-state index contributed by atoms with van der Waals surface area (Å²) in [5.41, 5.74) is 9.53. The highest BCUT2D eigenvalue weighted by Gasteiger charge is 2.08. The van der Waals surface area contributed by atoms with Crippen molar-refractivity contribution in [3.05, 3.63) is 59.2 Å². The number of nitrogens with one attached hydrogen (secondary N) is 1. The summed E-state index contributed by atoms with van der Waals surface area (Å²) in [6, 6.07) is 12.4. The topological polar surface area (TPSA) is 59.6 Å². The summed E-state index contributed by atoms with van der Waals surface area (Å²) in [7, 11) is 0. The number of benzene rings is 2. The van der Waals surface area contributed by atoms with E-state index in [1.54, 1.807) is 18.2 Å². The summed E-state index contributed by atoms with van der Waals surface area (Å²) in [6.07, 6.45) is 0. The van der Waals surface area contributed by atoms with Crippen LogP contribution in [0.3, 0.4) is 0 Å². The molecule has 0 amide bonds. The molecule has 0 radical (unpaired) electrons. The lowest BCUT2D eigenvalue weighted by Crippen LogP contribution is -2.22. The Hall–Kier alpha value is -1.90. The Kier molecular flexibility index (Phi) is 7.90. The minimum atomic E-state index is -2.87. The number of halogens is 3. The molecule has 0 heterocycles. The van der Waals surface area contributed by atoms with Gasteiger partial charge in [-0.2, -0.15) is 8.78 Å². The van der Waals surface area contributed by atoms with E-state index in [4.69, 9.17) is 5.73 Å². The molecule has 0 saturated carbocycles. The second-order valence-corrected chi connectivity index (χ2v) is 5.11. The van der Waals surface area contributed by atoms with E-state index >= 15 is 0 Å². The van der Waals surface area contributed by atoms with Crippen LogP contribution in [0.25, 0.3) is 0 Å². The van der Waals surface area contributed by atoms with Gasteiger partial charge in [0.15, 0.2) is 5.96 Å². The molecule has 2 aromatic carbocycles. The maximum Gasteiger partial charge on any atom is 0.387 e. The smallest absolute Gasteiger partial charge is 0.387 e. The van der Waals surface area contributed by atoms with E-state index in [0.717, 1.165) is 11.3 Å². The van der Waals surface area contributed by atoms with E-state index in [1.807, 2.05) is 32.0 Å². The van der Waals surface area contributed by atoms with Crippen LogP contribution in [0.5, 0.6) is 5.75 Å². The normalized spacial score (nSPS) is 11.1. The lowest BCUT2D eigenvalue weighted by Gasteiger charge is -2.10. The molecule has 0 saturated heterocycles. The lowest BCUT2D eigenvalue weighted by atomic mass is 10.1. The average Bonchev–Trinajstić information content (AvgIpc) is 2.49. The molecule has 0 aliphatic heterocycles. The maximum absolute atomic E-state index is 12.4. The van der Waals surface area contributed by atoms with Crippen LogP contribution in [0.4, 0.5) is 14.5 Å². The van der Waals surface area contributed by atoms with E-state index in [2.05, 4.69) is 15.0 Å². The monoisotopic (exact) mass is 447 g/mol. The first kappa shape index (κ1) is 20.1. The van der Waals surface area contributed by atoms with Crippen molar-refractivity contribution in [2.24, 2.45) is 10.7 Å². The van der Waals surface area contributed by atoms with Gasteiger partial charge in [-0.3, -0.25) is 0 Å². The van der Waals surface area contributed by atoms with Crippen molar-refractivity contribution in [3.63, 3.8) is 0 Å². The predicted molar refractivity (Wildman–Crippen MR) is 103 cm³/mol. The molecule has 0 fully saturated rings. The zero-order valence-corrected chi connectivity index (χ0v) is 15.8. The Balaban J connectivity index is 0.00000288. The highest BCUT2D eigenvalue weighted by Crippen LogP contribution is 2.21. The summed E-state index contributed by atoms with van der Waals surface area (Å²) in [5.74, 6) is 0.310. The van der Waals surface area contributed by atoms with Crippen LogP contribution in [0, 0.1) is 13.8 Å². The number of guanidine groups is 1. The standard InChI is InChI=1S/C17H19F2N3O.HI/c1-11-7-8-14(9-12(11)2)22-17(20)21-10-13-5-3-4-6-15(13)23-16(18)19;/h3-9,16H,10H2,1-2H3,(H3,20,21,22);1H. The molecule has 0 aromatic heterocycles. The summed E-state index contributed by atoms with van der Waals surface area (Å²) < 4.78 is 29.2. The molecule has 7 heteroatoms. The number of nitrogens with two attached hydrogens (primary N) is 1. The van der Waals surface area contributed by atoms with Gasteiger partial charge in [0.25, 0.3) is 0 Å². The fraction of sp³-hybridized carbons (Fsp3) is 0.235. The van der Waals surface area contributed by atoms with Crippen LogP contribution >= 0.6 is 24.0 Å². The van der Waals surface area contributed by atoms with E-state index in [1.165, 1.54) is 11.6 Å². The SMILES string of the molecule is Cc1ccc(NC(N)=NCc2ccccc2OC(F)F)cc1C.I. The first-order valence-electron chi connectivity index (χ1n) is 7.12. The van der Waals surface area contributed by atoms with E-state index < -0.39 is 6.61 Å². The van der Waals surface area contributed by atoms with Crippen LogP contribution < -0.4 is 15.8 Å². The van der Waals surface area contributed by atoms with Gasteiger partial charge in [-0.25, -0.2) is 4.99 Å². The molecule has 24 heavy (non-hydrogen) atoms. The first-order valence-corrected chi connectivity index (χ1v) is 7.12. The van der Waals surface area contributed by atoms with Crippen LogP contribution in [0.1, 0.15) is 16.7 Å². The first-order chi connectivity index (χ1) is 11.0. The fourth-order valence-corrected chi connectivity index (χ4v) is 2.02. The number of hydrogen-bond acceptors (Lipinski definition) is 2. The van der Waals surface area contributed by atoms with Gasteiger partial charge < -0.3 is 15.8 Å². The van der Waals surface area contributed by atoms with Crippen molar-refractivity contribution >= 4 is 35.6 Å². The number of aryl methyl sites for hydroxylation is 2. The van der Waals surface area contributed by atoms with Crippen molar-refractivity contribution < 1.29 is 13.5 Å². The van der Waals surface area contributed by atoms with Gasteiger partial charge in [0, 0.05) is 11.3 Å². The number of ether oxygens (including phenoxy) is 1. The molecule has 2 rings (SSSR count). The molecule has 0 aliphatic rings. The minimum Gasteiger partial charge on any atom is -0.434 e. The molecular weight excluding hydrogens is 427 g/mol. The van der Waals surface area contributed by atoms with Gasteiger partial charge in [0.05, 0.1) is 6.54 Å². The molecule has 2 aromatic rings. The Bertz CT molecular complexity index is 708. The third-order valence-corrected chi connectivity index (χ3v) is 3.39. The molecule has 0 spiro atoms. The second-order valence-electron chi connectivity index (χ2n) is 5.11. The average molecular weight is 447 g/mol. The van der Waals surface area contributed by atoms with Crippen molar-refractivity contribution in [2.75, 3.05) is 5.32 Å². The van der Waals surface area contributed by atoms with Crippen molar-refractivity contribution in [3.8, 4) is 5.75 Å². The van der Waals surface area contributed by atoms with Gasteiger partial charge in [-0.15, -0.1) is 24.0 Å². The summed E-state index contributed by atoms with van der Waals surface area (Å²) in [4.78, 5) is 4.17. The molecule has 3 N–H and O–H groups in total. The number of para-hydroxylation sites is 1. The van der Waals surface area contributed by atoms with E-state index in [9.17, 15) is 8.78 Å². The minimum absolute atomic E-state index is 0. The zero-order chi connectivity index (χ0) is 16.8. The Morgan fingerprint density at radius 2 is 1.88 bits per heavy atom. The van der Waals surface area contributed by atoms with Crippen LogP contribution in [0.2, 0.25) is 0 Å². The van der Waals surface area contributed by atoms with Crippen LogP contribution in [0.15, 0.2) is 47.5 Å². The van der Waals surface area contributed by atoms with Gasteiger partial charge >= 0.3 is 6.61 Å². The number of aliphatic imine (C=N–C) groups is 1. The summed E-state index contributed by atoms with van der Waals surface area (Å²) in [5, 5.41) is 2.98. The maximum atomic E-state index is 12.4. The quantitative estimate of drug-likeness (QED) is 0.405. The Morgan fingerprint density at radius 3 is 2.54 bits per heavy atom. The number of rotatable bonds is 5. The highest BCUT2D eigenvalue weighted by atomic mass is 127. The van der Waals surface area contributed by atoms with Crippen molar-refractivity contribution in [1.82, 2.24) is 0 Å². The molecule has 0 unspecified atom stereocenters. The number of nitrogens with zero attached hydrogens (tertiary/aromatic N) is 1. The van der Waals surface area contributed by atoms with E-state index in [-0.39, 0.29) is 42.2 Å². The zero-order valence-electron chi connectivity index (χ0n) is 13.4. The molecule has 0 aliphatic carbocycles. The molecular formula is C17H20F2IN3O. The highest BCUT2D eigenvalue weighted by molar-refractivity contribution is 14.0. The third-order valence-electron chi connectivity index (χ3n) is 3.39.